The van der Waals surface area contributed by atoms with E-state index in [-0.39, 0.29) is 22.7 Å². The van der Waals surface area contributed by atoms with Gasteiger partial charge < -0.3 is 14.5 Å². The predicted molar refractivity (Wildman–Crippen MR) is 87.7 cm³/mol. The number of hydrogen-bond acceptors (Lipinski definition) is 7. The Morgan fingerprint density at radius 1 is 1.32 bits per heavy atom. The normalized spacial score (nSPS) is 11.6. The molecule has 0 fully saturated rings. The van der Waals surface area contributed by atoms with Gasteiger partial charge in [-0.25, -0.2) is 9.18 Å². The molecule has 0 unspecified atom stereocenters. The van der Waals surface area contributed by atoms with Gasteiger partial charge in [-0.1, -0.05) is 11.8 Å². The molecule has 1 atom stereocenters. The molecule has 0 aliphatic carbocycles. The highest BCUT2D eigenvalue weighted by Crippen LogP contribution is 2.23. The van der Waals surface area contributed by atoms with Crippen LogP contribution in [-0.4, -0.2) is 34.4 Å². The van der Waals surface area contributed by atoms with Crippen molar-refractivity contribution < 1.29 is 23.1 Å². The second-order valence-corrected chi connectivity index (χ2v) is 5.74. The predicted octanol–water partition coefficient (Wildman–Crippen LogP) is 2.29. The highest BCUT2D eigenvalue weighted by atomic mass is 32.2. The van der Waals surface area contributed by atoms with Crippen molar-refractivity contribution in [3.05, 3.63) is 36.0 Å². The van der Waals surface area contributed by atoms with Gasteiger partial charge in [-0.05, 0) is 38.1 Å². The van der Waals surface area contributed by atoms with Crippen LogP contribution in [0.2, 0.25) is 0 Å². The van der Waals surface area contributed by atoms with E-state index in [2.05, 4.69) is 20.8 Å². The molecule has 1 aromatic heterocycles. The second-order valence-electron chi connectivity index (χ2n) is 4.82. The standard InChI is InChI=1S/C15H17FN4O4S/c1-3-17-14(22)18-12(21)8-25-15-20-19-13(24-15)9(2)23-11-6-4-10(16)5-7-11/h4-7,9H,3,8H2,1-2H3,(H2,17,18,21,22)/t9-/m0/s1. The summed E-state index contributed by atoms with van der Waals surface area (Å²) in [4.78, 5) is 22.8. The summed E-state index contributed by atoms with van der Waals surface area (Å²) in [6.45, 7) is 3.87. The number of ether oxygens (including phenoxy) is 1. The molecule has 0 radical (unpaired) electrons. The van der Waals surface area contributed by atoms with Gasteiger partial charge in [0.25, 0.3) is 11.1 Å². The third kappa shape index (κ3) is 6.07. The molecule has 8 nitrogen and oxygen atoms in total. The maximum Gasteiger partial charge on any atom is 0.321 e. The third-order valence-electron chi connectivity index (χ3n) is 2.81. The Bertz CT molecular complexity index is 723. The third-order valence-corrected chi connectivity index (χ3v) is 3.63. The van der Waals surface area contributed by atoms with Crippen LogP contribution in [0.4, 0.5) is 9.18 Å². The quantitative estimate of drug-likeness (QED) is 0.722. The van der Waals surface area contributed by atoms with Gasteiger partial charge in [0.05, 0.1) is 5.75 Å². The molecule has 10 heteroatoms. The van der Waals surface area contributed by atoms with Gasteiger partial charge in [-0.3, -0.25) is 10.1 Å². The van der Waals surface area contributed by atoms with E-state index in [1.54, 1.807) is 13.8 Å². The van der Waals surface area contributed by atoms with Crippen LogP contribution in [0.25, 0.3) is 0 Å². The van der Waals surface area contributed by atoms with Gasteiger partial charge in [0, 0.05) is 6.54 Å². The number of thioether (sulfide) groups is 1. The SMILES string of the molecule is CCNC(=O)NC(=O)CSc1nnc([C@H](C)Oc2ccc(F)cc2)o1. The van der Waals surface area contributed by atoms with Crippen molar-refractivity contribution in [1.29, 1.82) is 0 Å². The molecule has 0 bridgehead atoms. The number of carbonyl (C=O) groups excluding carboxylic acids is 2. The zero-order valence-electron chi connectivity index (χ0n) is 13.6. The van der Waals surface area contributed by atoms with E-state index >= 15 is 0 Å². The first-order valence-corrected chi connectivity index (χ1v) is 8.42. The van der Waals surface area contributed by atoms with Crippen LogP contribution in [0.15, 0.2) is 33.9 Å². The number of hydrogen-bond donors (Lipinski definition) is 2. The van der Waals surface area contributed by atoms with E-state index in [9.17, 15) is 14.0 Å². The summed E-state index contributed by atoms with van der Waals surface area (Å²) in [7, 11) is 0. The van der Waals surface area contributed by atoms with Crippen molar-refractivity contribution in [2.45, 2.75) is 25.2 Å². The highest BCUT2D eigenvalue weighted by molar-refractivity contribution is 7.99. The van der Waals surface area contributed by atoms with E-state index < -0.39 is 18.0 Å². The number of urea groups is 1. The Balaban J connectivity index is 1.83. The van der Waals surface area contributed by atoms with Gasteiger partial charge in [0.2, 0.25) is 5.91 Å². The highest BCUT2D eigenvalue weighted by Gasteiger charge is 2.17. The van der Waals surface area contributed by atoms with E-state index in [1.807, 2.05) is 0 Å². The topological polar surface area (TPSA) is 106 Å². The van der Waals surface area contributed by atoms with E-state index in [0.717, 1.165) is 11.8 Å². The molecule has 1 aromatic carbocycles. The summed E-state index contributed by atoms with van der Waals surface area (Å²) in [5.74, 6) is -0.210. The van der Waals surface area contributed by atoms with Gasteiger partial charge in [-0.2, -0.15) is 0 Å². The number of amides is 3. The second kappa shape index (κ2) is 9.02. The molecule has 3 amide bonds. The molecule has 1 heterocycles. The van der Waals surface area contributed by atoms with E-state index in [0.29, 0.717) is 12.3 Å². The molecule has 25 heavy (non-hydrogen) atoms. The number of rotatable bonds is 7. The Hall–Kier alpha value is -2.62. The molecule has 2 N–H and O–H groups in total. The summed E-state index contributed by atoms with van der Waals surface area (Å²) >= 11 is 0.998. The fraction of sp³-hybridized carbons (Fsp3) is 0.333. The van der Waals surface area contributed by atoms with Gasteiger partial charge >= 0.3 is 6.03 Å². The Kier molecular flexibility index (Phi) is 6.75. The number of carbonyl (C=O) groups is 2. The summed E-state index contributed by atoms with van der Waals surface area (Å²) in [6.07, 6.45) is -0.545. The first-order chi connectivity index (χ1) is 12.0. The fourth-order valence-corrected chi connectivity index (χ4v) is 2.28. The average Bonchev–Trinajstić information content (AvgIpc) is 3.04. The lowest BCUT2D eigenvalue weighted by molar-refractivity contribution is -0.117. The van der Waals surface area contributed by atoms with Crippen LogP contribution in [0.5, 0.6) is 5.75 Å². The molecule has 134 valence electrons. The van der Waals surface area contributed by atoms with Crippen LogP contribution in [0, 0.1) is 5.82 Å². The monoisotopic (exact) mass is 368 g/mol. The minimum atomic E-state index is -0.555. The Morgan fingerprint density at radius 3 is 2.72 bits per heavy atom. The maximum absolute atomic E-state index is 12.9. The molecule has 0 aliphatic heterocycles. The largest absolute Gasteiger partial charge is 0.481 e. The number of imide groups is 1. The Morgan fingerprint density at radius 2 is 2.04 bits per heavy atom. The first-order valence-electron chi connectivity index (χ1n) is 7.44. The van der Waals surface area contributed by atoms with Gasteiger partial charge in [0.1, 0.15) is 11.6 Å². The molecular formula is C15H17FN4O4S. The van der Waals surface area contributed by atoms with Crippen LogP contribution in [0.1, 0.15) is 25.8 Å². The number of nitrogens with zero attached hydrogens (tertiary/aromatic N) is 2. The van der Waals surface area contributed by atoms with Crippen molar-refractivity contribution in [2.75, 3.05) is 12.3 Å². The maximum atomic E-state index is 12.9. The number of aromatic nitrogens is 2. The number of nitrogens with one attached hydrogen (secondary N) is 2. The zero-order chi connectivity index (χ0) is 18.2. The minimum absolute atomic E-state index is 0.0496. The summed E-state index contributed by atoms with van der Waals surface area (Å²) in [5, 5.41) is 12.4. The molecule has 2 rings (SSSR count). The van der Waals surface area contributed by atoms with Crippen molar-refractivity contribution in [3.8, 4) is 5.75 Å². The lowest BCUT2D eigenvalue weighted by Gasteiger charge is -2.10. The van der Waals surface area contributed by atoms with Crippen molar-refractivity contribution in [2.24, 2.45) is 0 Å². The zero-order valence-corrected chi connectivity index (χ0v) is 14.4. The van der Waals surface area contributed by atoms with Gasteiger partial charge in [0.15, 0.2) is 6.10 Å². The molecule has 2 aromatic rings. The van der Waals surface area contributed by atoms with Gasteiger partial charge in [-0.15, -0.1) is 10.2 Å². The summed E-state index contributed by atoms with van der Waals surface area (Å²) < 4.78 is 23.8. The van der Waals surface area contributed by atoms with Crippen molar-refractivity contribution >= 4 is 23.7 Å². The number of halogens is 1. The lowest BCUT2D eigenvalue weighted by Crippen LogP contribution is -2.40. The minimum Gasteiger partial charge on any atom is -0.481 e. The summed E-state index contributed by atoms with van der Waals surface area (Å²) in [6, 6.07) is 4.99. The van der Waals surface area contributed by atoms with E-state index in [1.165, 1.54) is 24.3 Å². The van der Waals surface area contributed by atoms with Crippen molar-refractivity contribution in [3.63, 3.8) is 0 Å². The van der Waals surface area contributed by atoms with Crippen LogP contribution in [-0.2, 0) is 4.79 Å². The molecule has 0 saturated heterocycles. The molecular weight excluding hydrogens is 351 g/mol. The summed E-state index contributed by atoms with van der Waals surface area (Å²) in [5.41, 5.74) is 0. The van der Waals surface area contributed by atoms with Crippen LogP contribution >= 0.6 is 11.8 Å². The molecule has 0 saturated carbocycles. The van der Waals surface area contributed by atoms with Crippen LogP contribution in [0.3, 0.4) is 0 Å². The van der Waals surface area contributed by atoms with E-state index in [4.69, 9.17) is 9.15 Å². The Labute approximate surface area is 147 Å². The number of benzene rings is 1. The van der Waals surface area contributed by atoms with Crippen molar-refractivity contribution in [1.82, 2.24) is 20.8 Å². The van der Waals surface area contributed by atoms with Crippen LogP contribution < -0.4 is 15.4 Å². The fourth-order valence-electron chi connectivity index (χ4n) is 1.71. The lowest BCUT2D eigenvalue weighted by atomic mass is 10.3. The average molecular weight is 368 g/mol. The molecule has 0 aliphatic rings. The first kappa shape index (κ1) is 18.7. The smallest absolute Gasteiger partial charge is 0.321 e. The molecule has 0 spiro atoms.